The Morgan fingerprint density at radius 1 is 1.09 bits per heavy atom. The van der Waals surface area contributed by atoms with E-state index in [9.17, 15) is 14.4 Å². The summed E-state index contributed by atoms with van der Waals surface area (Å²) in [6, 6.07) is 13.7. The van der Waals surface area contributed by atoms with Crippen LogP contribution >= 0.6 is 11.8 Å². The Balaban J connectivity index is 1.83. The number of amides is 4. The number of nitrogens with one attached hydrogen (secondary N) is 2. The number of hydrogen-bond acceptors (Lipinski definition) is 7. The topological polar surface area (TPSA) is 109 Å². The summed E-state index contributed by atoms with van der Waals surface area (Å²) in [5.41, 5.74) is 1.54. The maximum Gasteiger partial charge on any atom is 0.321 e. The molecular weight excluding hydrogens is 456 g/mol. The highest BCUT2D eigenvalue weighted by atomic mass is 32.2. The first-order valence-electron chi connectivity index (χ1n) is 10.6. The van der Waals surface area contributed by atoms with Crippen molar-refractivity contribution >= 4 is 46.5 Å². The molecule has 3 rings (SSSR count). The SMILES string of the molecule is CCCNC(=O)NC(=O)CSC1=N/C(=C\c2ccc(OC)cc2)C(=O)N1c1cccc(OC)c1. The second kappa shape index (κ2) is 11.9. The standard InChI is InChI=1S/C24H26N4O5S/c1-4-12-25-23(31)27-21(29)15-34-24-26-20(13-16-8-10-18(32-2)11-9-16)22(30)28(24)17-6-5-7-19(14-17)33-3/h5-11,13-14H,4,12,15H2,1-3H3,(H2,25,27,29,31)/b20-13-. The van der Waals surface area contributed by atoms with Gasteiger partial charge in [-0.2, -0.15) is 0 Å². The monoisotopic (exact) mass is 482 g/mol. The molecule has 178 valence electrons. The molecule has 0 radical (unpaired) electrons. The van der Waals surface area contributed by atoms with Crippen LogP contribution in [-0.4, -0.2) is 49.5 Å². The van der Waals surface area contributed by atoms with E-state index in [1.807, 2.05) is 19.1 Å². The molecule has 0 saturated heterocycles. The van der Waals surface area contributed by atoms with Crippen molar-refractivity contribution in [1.82, 2.24) is 10.6 Å². The lowest BCUT2D eigenvalue weighted by Gasteiger charge is -2.18. The minimum absolute atomic E-state index is 0.0953. The first-order chi connectivity index (χ1) is 16.4. The molecule has 1 aliphatic heterocycles. The molecule has 2 aromatic carbocycles. The third-order valence-electron chi connectivity index (χ3n) is 4.68. The Morgan fingerprint density at radius 2 is 1.82 bits per heavy atom. The van der Waals surface area contributed by atoms with Crippen LogP contribution in [0.5, 0.6) is 11.5 Å². The summed E-state index contributed by atoms with van der Waals surface area (Å²) in [6.07, 6.45) is 2.43. The summed E-state index contributed by atoms with van der Waals surface area (Å²) in [5.74, 6) is 0.348. The summed E-state index contributed by atoms with van der Waals surface area (Å²) < 4.78 is 10.5. The molecule has 9 nitrogen and oxygen atoms in total. The molecule has 34 heavy (non-hydrogen) atoms. The molecule has 0 unspecified atom stereocenters. The van der Waals surface area contributed by atoms with Crippen LogP contribution in [0.1, 0.15) is 18.9 Å². The Labute approximate surface area is 202 Å². The molecule has 0 atom stereocenters. The molecule has 4 amide bonds. The number of hydrogen-bond donors (Lipinski definition) is 2. The molecule has 0 aliphatic carbocycles. The predicted octanol–water partition coefficient (Wildman–Crippen LogP) is 3.42. The Kier molecular flexibility index (Phi) is 8.69. The fourth-order valence-electron chi connectivity index (χ4n) is 3.00. The van der Waals surface area contributed by atoms with Gasteiger partial charge in [-0.15, -0.1) is 0 Å². The van der Waals surface area contributed by atoms with Crippen molar-refractivity contribution < 1.29 is 23.9 Å². The van der Waals surface area contributed by atoms with Gasteiger partial charge in [0.15, 0.2) is 5.17 Å². The number of nitrogens with zero attached hydrogens (tertiary/aromatic N) is 2. The Hall–Kier alpha value is -3.79. The molecule has 10 heteroatoms. The van der Waals surface area contributed by atoms with E-state index in [2.05, 4.69) is 15.6 Å². The average Bonchev–Trinajstić information content (AvgIpc) is 3.16. The van der Waals surface area contributed by atoms with Crippen LogP contribution in [0, 0.1) is 0 Å². The quantitative estimate of drug-likeness (QED) is 0.558. The van der Waals surface area contributed by atoms with Crippen molar-refractivity contribution in [3.8, 4) is 11.5 Å². The molecule has 0 bridgehead atoms. The normalized spacial score (nSPS) is 14.1. The lowest BCUT2D eigenvalue weighted by Crippen LogP contribution is -2.41. The predicted molar refractivity (Wildman–Crippen MR) is 133 cm³/mol. The average molecular weight is 483 g/mol. The fraction of sp³-hybridized carbons (Fsp3) is 0.250. The van der Waals surface area contributed by atoms with E-state index in [0.29, 0.717) is 28.9 Å². The zero-order chi connectivity index (χ0) is 24.5. The van der Waals surface area contributed by atoms with Crippen LogP contribution in [0.25, 0.3) is 6.08 Å². The van der Waals surface area contributed by atoms with Crippen LogP contribution in [0.4, 0.5) is 10.5 Å². The van der Waals surface area contributed by atoms with Gasteiger partial charge in [-0.25, -0.2) is 9.79 Å². The van der Waals surface area contributed by atoms with Gasteiger partial charge in [-0.1, -0.05) is 36.9 Å². The fourth-order valence-corrected chi connectivity index (χ4v) is 3.82. The number of benzene rings is 2. The molecular formula is C24H26N4O5S. The maximum atomic E-state index is 13.3. The van der Waals surface area contributed by atoms with E-state index in [1.54, 1.807) is 49.6 Å². The smallest absolute Gasteiger partial charge is 0.321 e. The number of carbonyl (C=O) groups is 3. The third-order valence-corrected chi connectivity index (χ3v) is 5.62. The number of ether oxygens (including phenoxy) is 2. The van der Waals surface area contributed by atoms with Gasteiger partial charge >= 0.3 is 6.03 Å². The van der Waals surface area contributed by atoms with E-state index in [1.165, 1.54) is 12.0 Å². The summed E-state index contributed by atoms with van der Waals surface area (Å²) in [7, 11) is 3.12. The number of aliphatic imine (C=N–C) groups is 1. The molecule has 1 aliphatic rings. The molecule has 2 aromatic rings. The van der Waals surface area contributed by atoms with Gasteiger partial charge in [0.2, 0.25) is 5.91 Å². The van der Waals surface area contributed by atoms with E-state index in [0.717, 1.165) is 23.7 Å². The second-order valence-electron chi connectivity index (χ2n) is 7.13. The molecule has 1 heterocycles. The van der Waals surface area contributed by atoms with Crippen molar-refractivity contribution in [3.05, 3.63) is 59.8 Å². The lowest BCUT2D eigenvalue weighted by molar-refractivity contribution is -0.117. The van der Waals surface area contributed by atoms with Crippen LogP contribution in [0.3, 0.4) is 0 Å². The van der Waals surface area contributed by atoms with Crippen LogP contribution in [-0.2, 0) is 9.59 Å². The van der Waals surface area contributed by atoms with E-state index < -0.39 is 11.9 Å². The molecule has 0 fully saturated rings. The second-order valence-corrected chi connectivity index (χ2v) is 8.07. The van der Waals surface area contributed by atoms with Crippen molar-refractivity contribution in [2.24, 2.45) is 4.99 Å². The van der Waals surface area contributed by atoms with Crippen molar-refractivity contribution in [1.29, 1.82) is 0 Å². The number of rotatable bonds is 8. The number of imide groups is 1. The first kappa shape index (κ1) is 24.8. The first-order valence-corrected chi connectivity index (χ1v) is 11.6. The van der Waals surface area contributed by atoms with Crippen LogP contribution in [0.15, 0.2) is 59.2 Å². The Bertz CT molecular complexity index is 1110. The number of amidine groups is 1. The van der Waals surface area contributed by atoms with Gasteiger partial charge in [-0.05, 0) is 42.3 Å². The van der Waals surface area contributed by atoms with Gasteiger partial charge in [0.25, 0.3) is 5.91 Å². The molecule has 0 spiro atoms. The van der Waals surface area contributed by atoms with Crippen LogP contribution < -0.4 is 25.0 Å². The highest BCUT2D eigenvalue weighted by Gasteiger charge is 2.32. The number of anilines is 1. The van der Waals surface area contributed by atoms with Crippen molar-refractivity contribution in [3.63, 3.8) is 0 Å². The molecule has 0 aromatic heterocycles. The van der Waals surface area contributed by atoms with Gasteiger partial charge in [-0.3, -0.25) is 19.8 Å². The zero-order valence-electron chi connectivity index (χ0n) is 19.2. The zero-order valence-corrected chi connectivity index (χ0v) is 20.0. The van der Waals surface area contributed by atoms with Crippen molar-refractivity contribution in [2.75, 3.05) is 31.4 Å². The van der Waals surface area contributed by atoms with Gasteiger partial charge < -0.3 is 14.8 Å². The number of methoxy groups -OCH3 is 2. The summed E-state index contributed by atoms with van der Waals surface area (Å²) in [4.78, 5) is 43.2. The molecule has 0 saturated carbocycles. The van der Waals surface area contributed by atoms with E-state index in [-0.39, 0.29) is 17.4 Å². The highest BCUT2D eigenvalue weighted by molar-refractivity contribution is 8.14. The summed E-state index contributed by atoms with van der Waals surface area (Å²) in [6.45, 7) is 2.38. The van der Waals surface area contributed by atoms with E-state index in [4.69, 9.17) is 9.47 Å². The number of thioether (sulfide) groups is 1. The Morgan fingerprint density at radius 3 is 2.50 bits per heavy atom. The van der Waals surface area contributed by atoms with Crippen molar-refractivity contribution in [2.45, 2.75) is 13.3 Å². The third kappa shape index (κ3) is 6.38. The minimum atomic E-state index is -0.554. The largest absolute Gasteiger partial charge is 0.497 e. The van der Waals surface area contributed by atoms with Crippen LogP contribution in [0.2, 0.25) is 0 Å². The van der Waals surface area contributed by atoms with E-state index >= 15 is 0 Å². The van der Waals surface area contributed by atoms with Gasteiger partial charge in [0.1, 0.15) is 17.2 Å². The van der Waals surface area contributed by atoms with Gasteiger partial charge in [0.05, 0.1) is 25.7 Å². The summed E-state index contributed by atoms with van der Waals surface area (Å²) in [5, 5.41) is 5.17. The highest BCUT2D eigenvalue weighted by Crippen LogP contribution is 2.31. The number of carbonyl (C=O) groups excluding carboxylic acids is 3. The number of urea groups is 1. The summed E-state index contributed by atoms with van der Waals surface area (Å²) >= 11 is 1.06. The maximum absolute atomic E-state index is 13.3. The molecule has 2 N–H and O–H groups in total. The lowest BCUT2D eigenvalue weighted by atomic mass is 10.2. The van der Waals surface area contributed by atoms with Gasteiger partial charge in [0, 0.05) is 12.6 Å². The minimum Gasteiger partial charge on any atom is -0.497 e.